The summed E-state index contributed by atoms with van der Waals surface area (Å²) in [5.41, 5.74) is 2.94. The quantitative estimate of drug-likeness (QED) is 0.704. The number of hydrogen-bond acceptors (Lipinski definition) is 3. The normalized spacial score (nSPS) is 10.3. The lowest BCUT2D eigenvalue weighted by Crippen LogP contribution is -2.30. The minimum Gasteiger partial charge on any atom is -0.493 e. The Bertz CT molecular complexity index is 764. The molecule has 0 atom stereocenters. The van der Waals surface area contributed by atoms with E-state index in [0.717, 1.165) is 16.8 Å². The fourth-order valence-electron chi connectivity index (χ4n) is 2.37. The van der Waals surface area contributed by atoms with Crippen LogP contribution in [0.3, 0.4) is 0 Å². The van der Waals surface area contributed by atoms with E-state index in [2.05, 4.69) is 5.32 Å². The van der Waals surface area contributed by atoms with E-state index in [0.29, 0.717) is 33.2 Å². The van der Waals surface area contributed by atoms with Crippen molar-refractivity contribution < 1.29 is 9.47 Å². The van der Waals surface area contributed by atoms with E-state index in [1.807, 2.05) is 31.0 Å². The topological polar surface area (TPSA) is 33.7 Å². The van der Waals surface area contributed by atoms with E-state index in [1.54, 1.807) is 32.4 Å². The number of anilines is 1. The number of halogens is 2. The number of thiocarbonyl (C=S) groups is 1. The second-order valence-electron chi connectivity index (χ2n) is 5.58. The van der Waals surface area contributed by atoms with Gasteiger partial charge in [0.15, 0.2) is 16.6 Å². The van der Waals surface area contributed by atoms with Crippen molar-refractivity contribution in [2.45, 2.75) is 13.5 Å². The highest BCUT2D eigenvalue weighted by molar-refractivity contribution is 7.80. The first kappa shape index (κ1) is 19.6. The lowest BCUT2D eigenvalue weighted by Gasteiger charge is -2.23. The summed E-state index contributed by atoms with van der Waals surface area (Å²) in [5, 5.41) is 4.81. The fraction of sp³-hybridized carbons (Fsp3) is 0.278. The highest BCUT2D eigenvalue weighted by Crippen LogP contribution is 2.31. The molecule has 0 heterocycles. The molecule has 0 saturated heterocycles. The van der Waals surface area contributed by atoms with Crippen LogP contribution in [0.4, 0.5) is 5.69 Å². The van der Waals surface area contributed by atoms with Crippen molar-refractivity contribution in [3.05, 3.63) is 51.5 Å². The summed E-state index contributed by atoms with van der Waals surface area (Å²) in [4.78, 5) is 1.93. The van der Waals surface area contributed by atoms with Gasteiger partial charge in [0, 0.05) is 29.3 Å². The Labute approximate surface area is 163 Å². The van der Waals surface area contributed by atoms with Gasteiger partial charge in [0.1, 0.15) is 0 Å². The predicted octanol–water partition coefficient (Wildman–Crippen LogP) is 5.15. The van der Waals surface area contributed by atoms with Gasteiger partial charge in [-0.05, 0) is 60.6 Å². The molecule has 0 spiro atoms. The van der Waals surface area contributed by atoms with E-state index < -0.39 is 0 Å². The molecule has 7 heteroatoms. The van der Waals surface area contributed by atoms with Crippen molar-refractivity contribution in [3.63, 3.8) is 0 Å². The number of nitrogens with zero attached hydrogens (tertiary/aromatic N) is 1. The second kappa shape index (κ2) is 8.61. The maximum absolute atomic E-state index is 6.02. The molecule has 0 aliphatic heterocycles. The fourth-order valence-corrected chi connectivity index (χ4v) is 3.07. The first-order valence-corrected chi connectivity index (χ1v) is 8.70. The van der Waals surface area contributed by atoms with E-state index in [-0.39, 0.29) is 0 Å². The van der Waals surface area contributed by atoms with Gasteiger partial charge in [-0.3, -0.25) is 0 Å². The van der Waals surface area contributed by atoms with Crippen LogP contribution in [0.2, 0.25) is 10.0 Å². The molecule has 0 radical (unpaired) electrons. The van der Waals surface area contributed by atoms with E-state index in [9.17, 15) is 0 Å². The molecule has 0 fully saturated rings. The minimum atomic E-state index is 0.552. The molecular weight excluding hydrogens is 379 g/mol. The molecule has 25 heavy (non-hydrogen) atoms. The molecule has 0 unspecified atom stereocenters. The Morgan fingerprint density at radius 3 is 2.16 bits per heavy atom. The first-order chi connectivity index (χ1) is 11.8. The molecule has 2 rings (SSSR count). The summed E-state index contributed by atoms with van der Waals surface area (Å²) in [6, 6.07) is 9.14. The molecule has 4 nitrogen and oxygen atoms in total. The minimum absolute atomic E-state index is 0.552. The zero-order valence-corrected chi connectivity index (χ0v) is 16.9. The number of benzene rings is 2. The highest BCUT2D eigenvalue weighted by atomic mass is 35.5. The van der Waals surface area contributed by atoms with E-state index >= 15 is 0 Å². The van der Waals surface area contributed by atoms with Crippen molar-refractivity contribution in [2.75, 3.05) is 26.6 Å². The molecule has 0 amide bonds. The van der Waals surface area contributed by atoms with Gasteiger partial charge in [-0.15, -0.1) is 0 Å². The number of nitrogens with one attached hydrogen (secondary N) is 1. The number of rotatable bonds is 5. The van der Waals surface area contributed by atoms with Gasteiger partial charge in [0.05, 0.1) is 14.2 Å². The van der Waals surface area contributed by atoms with Gasteiger partial charge in [-0.1, -0.05) is 23.2 Å². The monoisotopic (exact) mass is 398 g/mol. The lowest BCUT2D eigenvalue weighted by atomic mass is 10.1. The van der Waals surface area contributed by atoms with Crippen LogP contribution in [-0.2, 0) is 6.54 Å². The summed E-state index contributed by atoms with van der Waals surface area (Å²) in [7, 11) is 5.16. The van der Waals surface area contributed by atoms with Crippen LogP contribution in [-0.4, -0.2) is 31.3 Å². The van der Waals surface area contributed by atoms with Gasteiger partial charge in [-0.25, -0.2) is 0 Å². The molecular formula is C18H20Cl2N2O2S. The molecule has 0 aliphatic carbocycles. The molecule has 0 saturated carbocycles. The smallest absolute Gasteiger partial charge is 0.173 e. The SMILES string of the molecule is COc1cc(C)c(CN(C)C(=S)Nc2cc(Cl)cc(Cl)c2)cc1OC. The third-order valence-electron chi connectivity index (χ3n) is 3.71. The average Bonchev–Trinajstić information content (AvgIpc) is 2.55. The van der Waals surface area contributed by atoms with Gasteiger partial charge in [-0.2, -0.15) is 0 Å². The average molecular weight is 399 g/mol. The van der Waals surface area contributed by atoms with Crippen molar-refractivity contribution in [1.82, 2.24) is 4.90 Å². The number of aryl methyl sites for hydroxylation is 1. The first-order valence-electron chi connectivity index (χ1n) is 7.53. The maximum atomic E-state index is 6.02. The molecule has 0 bridgehead atoms. The van der Waals surface area contributed by atoms with Crippen LogP contribution in [0.15, 0.2) is 30.3 Å². The molecule has 0 aliphatic rings. The Morgan fingerprint density at radius 2 is 1.60 bits per heavy atom. The predicted molar refractivity (Wildman–Crippen MR) is 108 cm³/mol. The number of hydrogen-bond donors (Lipinski definition) is 1. The number of ether oxygens (including phenoxy) is 2. The standard InChI is InChI=1S/C18H20Cl2N2O2S/c1-11-5-16(23-3)17(24-4)6-12(11)10-22(2)18(25)21-15-8-13(19)7-14(20)9-15/h5-9H,10H2,1-4H3,(H,21,25). The number of methoxy groups -OCH3 is 2. The van der Waals surface area contributed by atoms with Crippen molar-refractivity contribution >= 4 is 46.2 Å². The van der Waals surface area contributed by atoms with Crippen LogP contribution in [0.5, 0.6) is 11.5 Å². The van der Waals surface area contributed by atoms with Crippen LogP contribution in [0, 0.1) is 6.92 Å². The molecule has 134 valence electrons. The van der Waals surface area contributed by atoms with Crippen LogP contribution in [0.1, 0.15) is 11.1 Å². The molecule has 2 aromatic rings. The van der Waals surface area contributed by atoms with Gasteiger partial charge >= 0.3 is 0 Å². The zero-order valence-electron chi connectivity index (χ0n) is 14.5. The van der Waals surface area contributed by atoms with Crippen molar-refractivity contribution in [3.8, 4) is 11.5 Å². The van der Waals surface area contributed by atoms with Crippen LogP contribution < -0.4 is 14.8 Å². The summed E-state index contributed by atoms with van der Waals surface area (Å²) < 4.78 is 10.7. The third kappa shape index (κ3) is 5.14. The molecule has 2 aromatic carbocycles. The Kier molecular flexibility index (Phi) is 6.76. The van der Waals surface area contributed by atoms with Crippen LogP contribution in [0.25, 0.3) is 0 Å². The summed E-state index contributed by atoms with van der Waals surface area (Å²) >= 11 is 17.5. The summed E-state index contributed by atoms with van der Waals surface area (Å²) in [5.74, 6) is 1.40. The van der Waals surface area contributed by atoms with Gasteiger partial charge in [0.25, 0.3) is 0 Å². The van der Waals surface area contributed by atoms with E-state index in [1.165, 1.54) is 0 Å². The summed E-state index contributed by atoms with van der Waals surface area (Å²) in [6.07, 6.45) is 0. The molecule has 1 N–H and O–H groups in total. The van der Waals surface area contributed by atoms with Gasteiger partial charge in [0.2, 0.25) is 0 Å². The maximum Gasteiger partial charge on any atom is 0.173 e. The summed E-state index contributed by atoms with van der Waals surface area (Å²) in [6.45, 7) is 2.64. The highest BCUT2D eigenvalue weighted by Gasteiger charge is 2.12. The van der Waals surface area contributed by atoms with E-state index in [4.69, 9.17) is 44.9 Å². The Balaban J connectivity index is 2.13. The lowest BCUT2D eigenvalue weighted by molar-refractivity contribution is 0.353. The zero-order chi connectivity index (χ0) is 18.6. The van der Waals surface area contributed by atoms with Crippen molar-refractivity contribution in [1.29, 1.82) is 0 Å². The second-order valence-corrected chi connectivity index (χ2v) is 6.84. The Hall–Kier alpha value is -1.69. The third-order valence-corrected chi connectivity index (χ3v) is 4.56. The molecule has 0 aromatic heterocycles. The van der Waals surface area contributed by atoms with Crippen molar-refractivity contribution in [2.24, 2.45) is 0 Å². The Morgan fingerprint density at radius 1 is 1.04 bits per heavy atom. The van der Waals surface area contributed by atoms with Gasteiger partial charge < -0.3 is 19.7 Å². The van der Waals surface area contributed by atoms with Crippen LogP contribution >= 0.6 is 35.4 Å². The largest absolute Gasteiger partial charge is 0.493 e.